The van der Waals surface area contributed by atoms with Gasteiger partial charge in [-0.1, -0.05) is 20.3 Å². The van der Waals surface area contributed by atoms with E-state index < -0.39 is 17.7 Å². The molecular weight excluding hydrogens is 291 g/mol. The van der Waals surface area contributed by atoms with Crippen LogP contribution >= 0.6 is 0 Å². The molecule has 0 aliphatic heterocycles. The molecule has 1 rings (SSSR count). The first-order chi connectivity index (χ1) is 10.2. The van der Waals surface area contributed by atoms with Crippen LogP contribution in [0.4, 0.5) is 13.2 Å². The van der Waals surface area contributed by atoms with Crippen LogP contribution in [0, 0.1) is 12.7 Å². The number of rotatable bonds is 6. The molecule has 0 saturated heterocycles. The van der Waals surface area contributed by atoms with Crippen molar-refractivity contribution in [3.63, 3.8) is 0 Å². The zero-order valence-corrected chi connectivity index (χ0v) is 13.8. The average Bonchev–Trinajstić information content (AvgIpc) is 2.44. The van der Waals surface area contributed by atoms with E-state index in [9.17, 15) is 18.0 Å². The highest BCUT2D eigenvalue weighted by Gasteiger charge is 2.40. The van der Waals surface area contributed by atoms with E-state index in [-0.39, 0.29) is 29.9 Å². The Morgan fingerprint density at radius 1 is 1.27 bits per heavy atom. The number of nitrogens with zero attached hydrogens (tertiary/aromatic N) is 1. The van der Waals surface area contributed by atoms with Crippen LogP contribution < -0.4 is 0 Å². The standard InChI is InChI=1S/C17H24F3NO/c1-6-8-13(17(19,20)7-2)15-11(3)9-12(10-14(15)18)16(22)21(4)5/h9-10,13H,6-8H2,1-5H3. The van der Waals surface area contributed by atoms with Crippen LogP contribution in [-0.2, 0) is 0 Å². The minimum absolute atomic E-state index is 0.0315. The lowest BCUT2D eigenvalue weighted by atomic mass is 9.83. The van der Waals surface area contributed by atoms with Crippen LogP contribution in [0.3, 0.4) is 0 Å². The van der Waals surface area contributed by atoms with Gasteiger partial charge in [0.15, 0.2) is 0 Å². The van der Waals surface area contributed by atoms with Crippen molar-refractivity contribution in [1.82, 2.24) is 4.90 Å². The van der Waals surface area contributed by atoms with E-state index in [0.29, 0.717) is 12.0 Å². The molecule has 1 atom stereocenters. The molecule has 1 aromatic rings. The third kappa shape index (κ3) is 3.81. The van der Waals surface area contributed by atoms with Gasteiger partial charge in [0.1, 0.15) is 5.82 Å². The second-order valence-electron chi connectivity index (χ2n) is 5.84. The van der Waals surface area contributed by atoms with Gasteiger partial charge in [0, 0.05) is 26.1 Å². The summed E-state index contributed by atoms with van der Waals surface area (Å²) in [5.74, 6) is -5.19. The minimum Gasteiger partial charge on any atom is -0.345 e. The highest BCUT2D eigenvalue weighted by molar-refractivity contribution is 5.94. The molecule has 0 spiro atoms. The molecule has 0 radical (unpaired) electrons. The van der Waals surface area contributed by atoms with Crippen LogP contribution in [-0.4, -0.2) is 30.8 Å². The molecule has 5 heteroatoms. The lowest BCUT2D eigenvalue weighted by Crippen LogP contribution is -2.28. The number of carbonyl (C=O) groups excluding carboxylic acids is 1. The molecule has 2 nitrogen and oxygen atoms in total. The Bertz CT molecular complexity index is 518. The Labute approximate surface area is 130 Å². The fraction of sp³-hybridized carbons (Fsp3) is 0.588. The first kappa shape index (κ1) is 18.5. The van der Waals surface area contributed by atoms with Crippen molar-refractivity contribution < 1.29 is 18.0 Å². The predicted octanol–water partition coefficient (Wildman–Crippen LogP) is 4.76. The molecule has 124 valence electrons. The van der Waals surface area contributed by atoms with E-state index in [1.54, 1.807) is 27.9 Å². The number of amides is 1. The highest BCUT2D eigenvalue weighted by Crippen LogP contribution is 2.42. The van der Waals surface area contributed by atoms with Gasteiger partial charge in [-0.3, -0.25) is 4.79 Å². The normalized spacial score (nSPS) is 13.1. The van der Waals surface area contributed by atoms with Gasteiger partial charge in [0.05, 0.1) is 5.92 Å². The van der Waals surface area contributed by atoms with Crippen molar-refractivity contribution >= 4 is 5.91 Å². The topological polar surface area (TPSA) is 20.3 Å². The predicted molar refractivity (Wildman–Crippen MR) is 82.0 cm³/mol. The summed E-state index contributed by atoms with van der Waals surface area (Å²) >= 11 is 0. The number of alkyl halides is 2. The summed E-state index contributed by atoms with van der Waals surface area (Å²) in [6, 6.07) is 2.56. The van der Waals surface area contributed by atoms with Crippen molar-refractivity contribution in [2.75, 3.05) is 14.1 Å². The maximum Gasteiger partial charge on any atom is 0.254 e. The maximum atomic E-state index is 14.5. The Morgan fingerprint density at radius 2 is 1.86 bits per heavy atom. The number of benzene rings is 1. The Balaban J connectivity index is 3.38. The van der Waals surface area contributed by atoms with Gasteiger partial charge in [-0.25, -0.2) is 13.2 Å². The molecule has 0 aliphatic carbocycles. The maximum absolute atomic E-state index is 14.5. The van der Waals surface area contributed by atoms with Crippen LogP contribution in [0.5, 0.6) is 0 Å². The summed E-state index contributed by atoms with van der Waals surface area (Å²) in [4.78, 5) is 13.3. The van der Waals surface area contributed by atoms with Gasteiger partial charge < -0.3 is 4.90 Å². The Hall–Kier alpha value is -1.52. The van der Waals surface area contributed by atoms with Gasteiger partial charge >= 0.3 is 0 Å². The second-order valence-corrected chi connectivity index (χ2v) is 5.84. The molecule has 1 aromatic carbocycles. The highest BCUT2D eigenvalue weighted by atomic mass is 19.3. The zero-order chi connectivity index (χ0) is 17.1. The smallest absolute Gasteiger partial charge is 0.254 e. The quantitative estimate of drug-likeness (QED) is 0.741. The third-order valence-electron chi connectivity index (χ3n) is 3.90. The number of hydrogen-bond donors (Lipinski definition) is 0. The summed E-state index contributed by atoms with van der Waals surface area (Å²) in [6.45, 7) is 4.79. The summed E-state index contributed by atoms with van der Waals surface area (Å²) in [5, 5.41) is 0. The lowest BCUT2D eigenvalue weighted by Gasteiger charge is -2.28. The number of aryl methyl sites for hydroxylation is 1. The largest absolute Gasteiger partial charge is 0.345 e. The third-order valence-corrected chi connectivity index (χ3v) is 3.90. The summed E-state index contributed by atoms with van der Waals surface area (Å²) in [6.07, 6.45) is 0.409. The minimum atomic E-state index is -2.96. The zero-order valence-electron chi connectivity index (χ0n) is 13.8. The fourth-order valence-corrected chi connectivity index (χ4v) is 2.68. The van der Waals surface area contributed by atoms with Crippen LogP contribution in [0.1, 0.15) is 60.5 Å². The second kappa shape index (κ2) is 7.16. The van der Waals surface area contributed by atoms with E-state index in [2.05, 4.69) is 0 Å². The van der Waals surface area contributed by atoms with Gasteiger partial charge in [-0.05, 0) is 36.6 Å². The molecular formula is C17H24F3NO. The van der Waals surface area contributed by atoms with Gasteiger partial charge in [-0.15, -0.1) is 0 Å². The molecule has 1 unspecified atom stereocenters. The van der Waals surface area contributed by atoms with Crippen molar-refractivity contribution in [2.24, 2.45) is 0 Å². The molecule has 0 fully saturated rings. The molecule has 0 N–H and O–H groups in total. The summed E-state index contributed by atoms with van der Waals surface area (Å²) in [7, 11) is 3.13. The van der Waals surface area contributed by atoms with Crippen molar-refractivity contribution in [3.05, 3.63) is 34.6 Å². The number of halogens is 3. The van der Waals surface area contributed by atoms with Crippen molar-refractivity contribution in [3.8, 4) is 0 Å². The van der Waals surface area contributed by atoms with Gasteiger partial charge in [0.2, 0.25) is 0 Å². The van der Waals surface area contributed by atoms with Crippen molar-refractivity contribution in [2.45, 2.75) is 51.9 Å². The number of hydrogen-bond acceptors (Lipinski definition) is 1. The van der Waals surface area contributed by atoms with Gasteiger partial charge in [0.25, 0.3) is 11.8 Å². The molecule has 1 amide bonds. The first-order valence-corrected chi connectivity index (χ1v) is 7.55. The molecule has 0 saturated carbocycles. The van der Waals surface area contributed by atoms with Crippen LogP contribution in [0.15, 0.2) is 12.1 Å². The summed E-state index contributed by atoms with van der Waals surface area (Å²) in [5.41, 5.74) is 0.611. The van der Waals surface area contributed by atoms with Crippen LogP contribution in [0.2, 0.25) is 0 Å². The molecule has 22 heavy (non-hydrogen) atoms. The SMILES string of the molecule is CCCC(c1c(C)cc(C(=O)N(C)C)cc1F)C(F)(F)CC. The van der Waals surface area contributed by atoms with Crippen LogP contribution in [0.25, 0.3) is 0 Å². The molecule has 0 heterocycles. The van der Waals surface area contributed by atoms with Crippen molar-refractivity contribution in [1.29, 1.82) is 0 Å². The first-order valence-electron chi connectivity index (χ1n) is 7.55. The number of carbonyl (C=O) groups is 1. The molecule has 0 aromatic heterocycles. The van der Waals surface area contributed by atoms with E-state index >= 15 is 0 Å². The van der Waals surface area contributed by atoms with E-state index in [1.807, 2.05) is 0 Å². The van der Waals surface area contributed by atoms with Gasteiger partial charge in [-0.2, -0.15) is 0 Å². The average molecular weight is 315 g/mol. The Kier molecular flexibility index (Phi) is 6.03. The molecule has 0 aliphatic rings. The van der Waals surface area contributed by atoms with E-state index in [1.165, 1.54) is 17.9 Å². The fourth-order valence-electron chi connectivity index (χ4n) is 2.68. The summed E-state index contributed by atoms with van der Waals surface area (Å²) < 4.78 is 42.9. The monoisotopic (exact) mass is 315 g/mol. The molecule has 0 bridgehead atoms. The van der Waals surface area contributed by atoms with E-state index in [4.69, 9.17) is 0 Å². The Morgan fingerprint density at radius 3 is 2.27 bits per heavy atom. The lowest BCUT2D eigenvalue weighted by molar-refractivity contribution is -0.0351. The van der Waals surface area contributed by atoms with E-state index in [0.717, 1.165) is 6.07 Å².